The Morgan fingerprint density at radius 3 is 2.58 bits per heavy atom. The molecule has 0 bridgehead atoms. The topological polar surface area (TPSA) is 38.9 Å². The summed E-state index contributed by atoms with van der Waals surface area (Å²) >= 11 is 1.76. The van der Waals surface area contributed by atoms with E-state index in [-0.39, 0.29) is 15.0 Å². The first-order valence-electron chi connectivity index (χ1n) is 3.23. The van der Waals surface area contributed by atoms with Crippen molar-refractivity contribution >= 4 is 28.3 Å². The minimum absolute atomic E-state index is 0.113. The molecule has 12 heavy (non-hydrogen) atoms. The predicted molar refractivity (Wildman–Crippen MR) is 51.1 cm³/mol. The van der Waals surface area contributed by atoms with E-state index in [0.717, 1.165) is 0 Å². The molecule has 0 fully saturated rings. The Hall–Kier alpha value is -0.460. The zero-order valence-electron chi connectivity index (χ0n) is 6.31. The van der Waals surface area contributed by atoms with Gasteiger partial charge in [0.25, 0.3) is 6.43 Å². The molecule has 0 aliphatic heterocycles. The van der Waals surface area contributed by atoms with Gasteiger partial charge in [-0.1, -0.05) is 0 Å². The van der Waals surface area contributed by atoms with Crippen molar-refractivity contribution in [2.24, 2.45) is 0 Å². The number of nitrogens with zero attached hydrogens (tertiary/aromatic N) is 1. The molecule has 1 heterocycles. The molecule has 0 spiro atoms. The summed E-state index contributed by atoms with van der Waals surface area (Å²) in [5.41, 5.74) is 6.00. The van der Waals surface area contributed by atoms with Crippen molar-refractivity contribution in [1.82, 2.24) is 4.98 Å². The van der Waals surface area contributed by atoms with Crippen LogP contribution in [0.15, 0.2) is 6.07 Å². The summed E-state index contributed by atoms with van der Waals surface area (Å²) < 4.78 is 24.9. The molecule has 0 aromatic carbocycles. The van der Waals surface area contributed by atoms with Gasteiger partial charge < -0.3 is 5.73 Å². The monoisotopic (exact) mass is 284 g/mol. The lowest BCUT2D eigenvalue weighted by Gasteiger charge is -2.06. The van der Waals surface area contributed by atoms with Gasteiger partial charge in [0.2, 0.25) is 0 Å². The van der Waals surface area contributed by atoms with E-state index in [1.54, 1.807) is 29.5 Å². The van der Waals surface area contributed by atoms with Gasteiger partial charge in [-0.15, -0.1) is 0 Å². The van der Waals surface area contributed by atoms with Crippen LogP contribution in [0.5, 0.6) is 0 Å². The highest BCUT2D eigenvalue weighted by Crippen LogP contribution is 2.28. The lowest BCUT2D eigenvalue weighted by Crippen LogP contribution is -2.01. The number of anilines is 1. The molecule has 1 rings (SSSR count). The van der Waals surface area contributed by atoms with Crippen molar-refractivity contribution in [1.29, 1.82) is 0 Å². The first-order valence-corrected chi connectivity index (χ1v) is 4.31. The lowest BCUT2D eigenvalue weighted by atomic mass is 10.2. The summed E-state index contributed by atoms with van der Waals surface area (Å²) in [6, 6.07) is 1.45. The van der Waals surface area contributed by atoms with E-state index in [1.807, 2.05) is 0 Å². The van der Waals surface area contributed by atoms with E-state index in [9.17, 15) is 8.78 Å². The summed E-state index contributed by atoms with van der Waals surface area (Å²) in [6.07, 6.45) is -2.55. The third-order valence-corrected chi connectivity index (χ3v) is 2.21. The standard InChI is InChI=1S/C7H7F2IN2/c1-3-2-4(11)5(6(8)9)7(10)12-3/h2,6H,1H3,(H2,11,12). The molecule has 0 amide bonds. The Morgan fingerprint density at radius 1 is 1.58 bits per heavy atom. The second-order valence-electron chi connectivity index (χ2n) is 2.36. The second kappa shape index (κ2) is 3.51. The molecule has 0 aliphatic carbocycles. The summed E-state index contributed by atoms with van der Waals surface area (Å²) in [5, 5.41) is 0. The molecule has 0 atom stereocenters. The summed E-state index contributed by atoms with van der Waals surface area (Å²) in [5.74, 6) is 0. The largest absolute Gasteiger partial charge is 0.398 e. The van der Waals surface area contributed by atoms with Gasteiger partial charge in [0.15, 0.2) is 0 Å². The van der Waals surface area contributed by atoms with Crippen LogP contribution in [-0.2, 0) is 0 Å². The summed E-state index contributed by atoms with van der Waals surface area (Å²) in [7, 11) is 0. The molecule has 2 N–H and O–H groups in total. The maximum atomic E-state index is 12.3. The van der Waals surface area contributed by atoms with E-state index in [2.05, 4.69) is 4.98 Å². The molecule has 66 valence electrons. The fourth-order valence-corrected chi connectivity index (χ4v) is 1.81. The molecular formula is C7H7F2IN2. The lowest BCUT2D eigenvalue weighted by molar-refractivity contribution is 0.150. The molecule has 1 aromatic rings. The maximum Gasteiger partial charge on any atom is 0.268 e. The van der Waals surface area contributed by atoms with Crippen molar-refractivity contribution < 1.29 is 8.78 Å². The number of nitrogen functional groups attached to an aromatic ring is 1. The fraction of sp³-hybridized carbons (Fsp3) is 0.286. The second-order valence-corrected chi connectivity index (χ2v) is 3.38. The minimum Gasteiger partial charge on any atom is -0.398 e. The number of rotatable bonds is 1. The van der Waals surface area contributed by atoms with Gasteiger partial charge in [-0.2, -0.15) is 0 Å². The average molecular weight is 284 g/mol. The highest BCUT2D eigenvalue weighted by molar-refractivity contribution is 14.1. The van der Waals surface area contributed by atoms with Crippen LogP contribution in [0.2, 0.25) is 0 Å². The number of pyridine rings is 1. The molecule has 2 nitrogen and oxygen atoms in total. The number of nitrogens with two attached hydrogens (primary N) is 1. The Morgan fingerprint density at radius 2 is 2.17 bits per heavy atom. The normalized spacial score (nSPS) is 10.8. The van der Waals surface area contributed by atoms with Gasteiger partial charge >= 0.3 is 0 Å². The van der Waals surface area contributed by atoms with Crippen LogP contribution in [-0.4, -0.2) is 4.98 Å². The zero-order chi connectivity index (χ0) is 9.30. The van der Waals surface area contributed by atoms with Gasteiger partial charge in [-0.3, -0.25) is 0 Å². The molecule has 0 aliphatic rings. The molecule has 1 aromatic heterocycles. The molecule has 0 radical (unpaired) electrons. The Labute approximate surface area is 82.3 Å². The van der Waals surface area contributed by atoms with E-state index < -0.39 is 6.43 Å². The minimum atomic E-state index is -2.55. The van der Waals surface area contributed by atoms with E-state index in [0.29, 0.717) is 5.69 Å². The van der Waals surface area contributed by atoms with Crippen LogP contribution < -0.4 is 5.73 Å². The fourth-order valence-electron chi connectivity index (χ4n) is 0.885. The van der Waals surface area contributed by atoms with Crippen LogP contribution in [0.25, 0.3) is 0 Å². The average Bonchev–Trinajstić information content (AvgIpc) is 1.82. The molecular weight excluding hydrogens is 277 g/mol. The van der Waals surface area contributed by atoms with Crippen LogP contribution in [0.3, 0.4) is 0 Å². The van der Waals surface area contributed by atoms with Gasteiger partial charge in [0.05, 0.1) is 5.56 Å². The Balaban J connectivity index is 3.28. The number of hydrogen-bond donors (Lipinski definition) is 1. The van der Waals surface area contributed by atoms with Crippen LogP contribution in [0, 0.1) is 10.6 Å². The smallest absolute Gasteiger partial charge is 0.268 e. The van der Waals surface area contributed by atoms with Crippen LogP contribution in [0.1, 0.15) is 17.7 Å². The van der Waals surface area contributed by atoms with Gasteiger partial charge in [-0.05, 0) is 35.6 Å². The summed E-state index contributed by atoms with van der Waals surface area (Å²) in [4.78, 5) is 3.88. The highest BCUT2D eigenvalue weighted by Gasteiger charge is 2.16. The SMILES string of the molecule is Cc1cc(N)c(C(F)F)c(I)n1. The predicted octanol–water partition coefficient (Wildman–Crippen LogP) is 2.51. The van der Waals surface area contributed by atoms with E-state index in [4.69, 9.17) is 5.73 Å². The number of halogens is 3. The first-order chi connectivity index (χ1) is 5.52. The molecule has 0 saturated carbocycles. The van der Waals surface area contributed by atoms with E-state index in [1.165, 1.54) is 6.07 Å². The first kappa shape index (κ1) is 9.63. The summed E-state index contributed by atoms with van der Waals surface area (Å²) in [6.45, 7) is 1.72. The van der Waals surface area contributed by atoms with Gasteiger partial charge in [-0.25, -0.2) is 13.8 Å². The molecule has 5 heteroatoms. The van der Waals surface area contributed by atoms with Crippen LogP contribution in [0.4, 0.5) is 14.5 Å². The van der Waals surface area contributed by atoms with Crippen molar-refractivity contribution in [2.45, 2.75) is 13.3 Å². The van der Waals surface area contributed by atoms with Crippen molar-refractivity contribution in [3.8, 4) is 0 Å². The number of aromatic nitrogens is 1. The van der Waals surface area contributed by atoms with Crippen LogP contribution >= 0.6 is 22.6 Å². The van der Waals surface area contributed by atoms with Crippen molar-refractivity contribution in [3.05, 3.63) is 21.0 Å². The quantitative estimate of drug-likeness (QED) is 0.635. The number of alkyl halides is 2. The van der Waals surface area contributed by atoms with Gasteiger partial charge in [0, 0.05) is 11.4 Å². The number of aryl methyl sites for hydroxylation is 1. The number of hydrogen-bond acceptors (Lipinski definition) is 2. The van der Waals surface area contributed by atoms with Crippen molar-refractivity contribution in [3.63, 3.8) is 0 Å². The van der Waals surface area contributed by atoms with Gasteiger partial charge in [0.1, 0.15) is 3.70 Å². The molecule has 0 saturated heterocycles. The zero-order valence-corrected chi connectivity index (χ0v) is 8.47. The third kappa shape index (κ3) is 1.82. The molecule has 0 unspecified atom stereocenters. The third-order valence-electron chi connectivity index (χ3n) is 1.39. The maximum absolute atomic E-state index is 12.3. The Kier molecular flexibility index (Phi) is 2.81. The van der Waals surface area contributed by atoms with Crippen molar-refractivity contribution in [2.75, 3.05) is 5.73 Å². The Bertz CT molecular complexity index is 278. The van der Waals surface area contributed by atoms with E-state index >= 15 is 0 Å². The highest BCUT2D eigenvalue weighted by atomic mass is 127.